The number of aliphatic carboxylic acids is 1. The number of carbonyl (C=O) groups is 1. The van der Waals surface area contributed by atoms with Gasteiger partial charge >= 0.3 is 5.97 Å². The van der Waals surface area contributed by atoms with Crippen LogP contribution in [0.5, 0.6) is 0 Å². The van der Waals surface area contributed by atoms with Crippen molar-refractivity contribution in [3.8, 4) is 0 Å². The van der Waals surface area contributed by atoms with E-state index in [1.54, 1.807) is 0 Å². The molecule has 2 rings (SSSR count). The number of aliphatic hydroxyl groups excluding tert-OH is 1. The van der Waals surface area contributed by atoms with E-state index in [2.05, 4.69) is 4.90 Å². The zero-order chi connectivity index (χ0) is 9.59. The van der Waals surface area contributed by atoms with E-state index in [1.807, 2.05) is 7.05 Å². The van der Waals surface area contributed by atoms with Gasteiger partial charge in [-0.25, -0.2) is 0 Å². The first kappa shape index (κ1) is 8.97. The Balaban J connectivity index is 2.21. The lowest BCUT2D eigenvalue weighted by Gasteiger charge is -2.38. The largest absolute Gasteiger partial charge is 0.481 e. The van der Waals surface area contributed by atoms with E-state index in [0.29, 0.717) is 12.5 Å². The van der Waals surface area contributed by atoms with Gasteiger partial charge in [-0.15, -0.1) is 0 Å². The molecule has 4 heteroatoms. The average molecular weight is 185 g/mol. The highest BCUT2D eigenvalue weighted by molar-refractivity contribution is 5.72. The first-order chi connectivity index (χ1) is 6.11. The summed E-state index contributed by atoms with van der Waals surface area (Å²) in [7, 11) is 1.96. The van der Waals surface area contributed by atoms with Crippen LogP contribution in [0, 0.1) is 5.92 Å². The molecule has 2 fully saturated rings. The van der Waals surface area contributed by atoms with Crippen molar-refractivity contribution in [2.24, 2.45) is 5.92 Å². The molecule has 4 nitrogen and oxygen atoms in total. The van der Waals surface area contributed by atoms with Crippen LogP contribution in [-0.4, -0.2) is 46.3 Å². The van der Waals surface area contributed by atoms with Crippen LogP contribution < -0.4 is 0 Å². The molecule has 2 N–H and O–H groups in total. The lowest BCUT2D eigenvalue weighted by Crippen LogP contribution is -2.51. The minimum absolute atomic E-state index is 0.0475. The summed E-state index contributed by atoms with van der Waals surface area (Å²) in [5, 5.41) is 18.6. The number of nitrogens with zero attached hydrogens (tertiary/aromatic N) is 1. The summed E-state index contributed by atoms with van der Waals surface area (Å²) in [6, 6.07) is 0.446. The van der Waals surface area contributed by atoms with E-state index in [1.165, 1.54) is 0 Å². The fourth-order valence-corrected chi connectivity index (χ4v) is 2.77. The Bertz CT molecular complexity index is 231. The number of hydrogen-bond donors (Lipinski definition) is 2. The van der Waals surface area contributed by atoms with Gasteiger partial charge in [0.1, 0.15) is 0 Å². The van der Waals surface area contributed by atoms with Crippen molar-refractivity contribution in [2.75, 3.05) is 7.05 Å². The molecule has 0 aromatic rings. The van der Waals surface area contributed by atoms with Crippen molar-refractivity contribution in [2.45, 2.75) is 37.5 Å². The average Bonchev–Trinajstić information content (AvgIpc) is 2.34. The molecule has 4 atom stereocenters. The molecule has 13 heavy (non-hydrogen) atoms. The van der Waals surface area contributed by atoms with Crippen molar-refractivity contribution < 1.29 is 15.0 Å². The van der Waals surface area contributed by atoms with Crippen molar-refractivity contribution in [3.63, 3.8) is 0 Å². The summed E-state index contributed by atoms with van der Waals surface area (Å²) in [5.74, 6) is -1.44. The van der Waals surface area contributed by atoms with Crippen molar-refractivity contribution in [1.82, 2.24) is 4.90 Å². The molecular weight excluding hydrogens is 170 g/mol. The van der Waals surface area contributed by atoms with Gasteiger partial charge < -0.3 is 10.2 Å². The minimum atomic E-state index is -0.857. The smallest absolute Gasteiger partial charge is 0.310 e. The van der Waals surface area contributed by atoms with Gasteiger partial charge in [-0.1, -0.05) is 0 Å². The summed E-state index contributed by atoms with van der Waals surface area (Å²) in [6.45, 7) is 0. The second kappa shape index (κ2) is 2.96. The Morgan fingerprint density at radius 1 is 1.46 bits per heavy atom. The summed E-state index contributed by atoms with van der Waals surface area (Å²) in [5.41, 5.74) is 0. The molecule has 2 heterocycles. The number of piperidine rings is 1. The zero-order valence-electron chi connectivity index (χ0n) is 7.68. The fourth-order valence-electron chi connectivity index (χ4n) is 2.77. The Morgan fingerprint density at radius 3 is 2.77 bits per heavy atom. The maximum atomic E-state index is 10.9. The van der Waals surface area contributed by atoms with Gasteiger partial charge in [0, 0.05) is 12.1 Å². The number of aliphatic hydroxyl groups is 1. The van der Waals surface area contributed by atoms with Gasteiger partial charge in [-0.3, -0.25) is 9.69 Å². The SMILES string of the molecule is CN1C2CCC1C(C(=O)O)[C@@H](O)C2. The number of fused-ring (bicyclic) bond motifs is 2. The first-order valence-corrected chi connectivity index (χ1v) is 4.74. The maximum Gasteiger partial charge on any atom is 0.310 e. The highest BCUT2D eigenvalue weighted by Gasteiger charge is 2.48. The van der Waals surface area contributed by atoms with Crippen LogP contribution in [-0.2, 0) is 4.79 Å². The second-order valence-electron chi connectivity index (χ2n) is 4.13. The third kappa shape index (κ3) is 1.25. The van der Waals surface area contributed by atoms with Crippen molar-refractivity contribution in [3.05, 3.63) is 0 Å². The zero-order valence-corrected chi connectivity index (χ0v) is 7.68. The molecule has 0 radical (unpaired) electrons. The molecule has 2 aliphatic heterocycles. The number of rotatable bonds is 1. The normalized spacial score (nSPS) is 45.1. The summed E-state index contributed by atoms with van der Waals surface area (Å²) >= 11 is 0. The van der Waals surface area contributed by atoms with E-state index >= 15 is 0 Å². The molecule has 0 aliphatic carbocycles. The van der Waals surface area contributed by atoms with Gasteiger partial charge in [0.25, 0.3) is 0 Å². The van der Waals surface area contributed by atoms with Gasteiger partial charge in [-0.2, -0.15) is 0 Å². The predicted octanol–water partition coefficient (Wildman–Crippen LogP) is -0.0854. The predicted molar refractivity (Wildman–Crippen MR) is 46.3 cm³/mol. The Morgan fingerprint density at radius 2 is 2.15 bits per heavy atom. The Hall–Kier alpha value is -0.610. The van der Waals surface area contributed by atoms with Crippen LogP contribution in [0.2, 0.25) is 0 Å². The van der Waals surface area contributed by atoms with Crippen LogP contribution in [0.4, 0.5) is 0 Å². The first-order valence-electron chi connectivity index (χ1n) is 4.74. The second-order valence-corrected chi connectivity index (χ2v) is 4.13. The standard InChI is InChI=1S/C9H15NO3/c1-10-5-2-3-6(10)8(9(12)13)7(11)4-5/h5-8,11H,2-4H2,1H3,(H,12,13)/t5?,6?,7-,8?/m0/s1. The Labute approximate surface area is 77.2 Å². The van der Waals surface area contributed by atoms with Crippen LogP contribution in [0.15, 0.2) is 0 Å². The summed E-state index contributed by atoms with van der Waals surface area (Å²) in [6.07, 6.45) is 1.91. The van der Waals surface area contributed by atoms with E-state index in [-0.39, 0.29) is 6.04 Å². The van der Waals surface area contributed by atoms with Crippen LogP contribution in [0.3, 0.4) is 0 Å². The molecular formula is C9H15NO3. The highest BCUT2D eigenvalue weighted by atomic mass is 16.4. The van der Waals surface area contributed by atoms with E-state index in [4.69, 9.17) is 5.11 Å². The molecule has 0 aromatic heterocycles. The molecule has 0 spiro atoms. The van der Waals surface area contributed by atoms with Crippen LogP contribution in [0.25, 0.3) is 0 Å². The number of carboxylic acids is 1. The van der Waals surface area contributed by atoms with E-state index < -0.39 is 18.0 Å². The van der Waals surface area contributed by atoms with Crippen LogP contribution in [0.1, 0.15) is 19.3 Å². The lowest BCUT2D eigenvalue weighted by molar-refractivity contribution is -0.151. The molecule has 2 saturated heterocycles. The van der Waals surface area contributed by atoms with E-state index in [9.17, 15) is 9.90 Å². The topological polar surface area (TPSA) is 60.8 Å². The number of carboxylic acid groups (broad SMARTS) is 1. The summed E-state index contributed by atoms with van der Waals surface area (Å²) in [4.78, 5) is 13.0. The molecule has 0 saturated carbocycles. The third-order valence-electron chi connectivity index (χ3n) is 3.52. The monoisotopic (exact) mass is 185 g/mol. The molecule has 0 amide bonds. The van der Waals surface area contributed by atoms with Gasteiger partial charge in [0.2, 0.25) is 0 Å². The highest BCUT2D eigenvalue weighted by Crippen LogP contribution is 2.38. The molecule has 2 aliphatic rings. The van der Waals surface area contributed by atoms with Crippen molar-refractivity contribution in [1.29, 1.82) is 0 Å². The summed E-state index contributed by atoms with van der Waals surface area (Å²) < 4.78 is 0. The molecule has 2 bridgehead atoms. The number of hydrogen-bond acceptors (Lipinski definition) is 3. The van der Waals surface area contributed by atoms with E-state index in [0.717, 1.165) is 12.8 Å². The minimum Gasteiger partial charge on any atom is -0.481 e. The maximum absolute atomic E-state index is 10.9. The Kier molecular flexibility index (Phi) is 2.04. The molecule has 0 aromatic carbocycles. The van der Waals surface area contributed by atoms with Gasteiger partial charge in [0.05, 0.1) is 12.0 Å². The lowest BCUT2D eigenvalue weighted by atomic mass is 9.88. The third-order valence-corrected chi connectivity index (χ3v) is 3.52. The van der Waals surface area contributed by atoms with Crippen LogP contribution >= 0.6 is 0 Å². The van der Waals surface area contributed by atoms with Crippen molar-refractivity contribution >= 4 is 5.97 Å². The molecule has 74 valence electrons. The fraction of sp³-hybridized carbons (Fsp3) is 0.889. The van der Waals surface area contributed by atoms with Gasteiger partial charge in [-0.05, 0) is 26.3 Å². The van der Waals surface area contributed by atoms with Gasteiger partial charge in [0.15, 0.2) is 0 Å². The molecule has 3 unspecified atom stereocenters. The quantitative estimate of drug-likeness (QED) is 0.599.